The maximum absolute atomic E-state index is 13.3. The number of aromatic nitrogens is 1. The van der Waals surface area contributed by atoms with Gasteiger partial charge in [0.25, 0.3) is 0 Å². The molecule has 0 N–H and O–H groups in total. The molecular formula is C7H12BFNPS. The Kier molecular flexibility index (Phi) is 2.90. The minimum absolute atomic E-state index is 0.385. The van der Waals surface area contributed by atoms with Crippen molar-refractivity contribution in [3.05, 3.63) is 16.1 Å². The van der Waals surface area contributed by atoms with Crippen LogP contribution in [0.25, 0.3) is 0 Å². The summed E-state index contributed by atoms with van der Waals surface area (Å²) < 4.78 is 13.3. The molecule has 0 aliphatic carbocycles. The van der Waals surface area contributed by atoms with Crippen LogP contribution in [-0.2, 0) is 5.31 Å². The summed E-state index contributed by atoms with van der Waals surface area (Å²) in [6, 6.07) is 0. The van der Waals surface area contributed by atoms with Crippen molar-refractivity contribution in [3.63, 3.8) is 0 Å². The summed E-state index contributed by atoms with van der Waals surface area (Å²) in [6.07, 6.45) is 1.62. The summed E-state index contributed by atoms with van der Waals surface area (Å²) >= 11 is 1.44. The molecular weight excluding hydrogens is 191 g/mol. The second kappa shape index (κ2) is 3.43. The average molecular weight is 203 g/mol. The van der Waals surface area contributed by atoms with Gasteiger partial charge in [-0.15, -0.1) is 20.6 Å². The van der Waals surface area contributed by atoms with Gasteiger partial charge in [0.05, 0.1) is 9.88 Å². The molecule has 5 heteroatoms. The van der Waals surface area contributed by atoms with Crippen molar-refractivity contribution in [2.24, 2.45) is 0 Å². The fourth-order valence-electron chi connectivity index (χ4n) is 0.781. The Morgan fingerprint density at radius 1 is 1.75 bits per heavy atom. The van der Waals surface area contributed by atoms with E-state index in [9.17, 15) is 4.39 Å². The van der Waals surface area contributed by atoms with E-state index in [1.54, 1.807) is 6.20 Å². The highest BCUT2D eigenvalue weighted by Gasteiger charge is 2.22. The molecule has 66 valence electrons. The van der Waals surface area contributed by atoms with E-state index in [1.165, 1.54) is 19.2 Å². The van der Waals surface area contributed by atoms with E-state index in [1.807, 2.05) is 0 Å². The van der Waals surface area contributed by atoms with Gasteiger partial charge in [-0.3, -0.25) is 0 Å². The number of hydrogen-bond donors (Lipinski definition) is 0. The fourth-order valence-corrected chi connectivity index (χ4v) is 1.90. The lowest BCUT2D eigenvalue weighted by Gasteiger charge is -2.09. The van der Waals surface area contributed by atoms with E-state index in [2.05, 4.69) is 28.1 Å². The van der Waals surface area contributed by atoms with Gasteiger partial charge < -0.3 is 0 Å². The van der Waals surface area contributed by atoms with Gasteiger partial charge in [0.1, 0.15) is 5.31 Å². The molecule has 0 spiro atoms. The van der Waals surface area contributed by atoms with Crippen LogP contribution >= 0.6 is 20.6 Å². The third-order valence-corrected chi connectivity index (χ3v) is 3.53. The monoisotopic (exact) mass is 203 g/mol. The lowest BCUT2D eigenvalue weighted by atomic mass is 10.0. The summed E-state index contributed by atoms with van der Waals surface area (Å²) in [5.74, 6) is 0.385. The van der Waals surface area contributed by atoms with E-state index in [0.717, 1.165) is 5.01 Å². The second-order valence-corrected chi connectivity index (χ2v) is 5.44. The quantitative estimate of drug-likeness (QED) is 0.528. The highest BCUT2D eigenvalue weighted by atomic mass is 32.1. The molecule has 0 radical (unpaired) electrons. The SMILES string of the molecule is BC(F)(P)c1cnc(C(C)C)s1. The van der Waals surface area contributed by atoms with Gasteiger partial charge in [0, 0.05) is 12.1 Å². The third kappa shape index (κ3) is 2.27. The van der Waals surface area contributed by atoms with Gasteiger partial charge >= 0.3 is 0 Å². The van der Waals surface area contributed by atoms with Gasteiger partial charge in [-0.2, -0.15) is 0 Å². The topological polar surface area (TPSA) is 12.9 Å². The van der Waals surface area contributed by atoms with Crippen molar-refractivity contribution < 1.29 is 4.39 Å². The number of alkyl halides is 1. The summed E-state index contributed by atoms with van der Waals surface area (Å²) in [7, 11) is 3.70. The van der Waals surface area contributed by atoms with Crippen molar-refractivity contribution in [1.29, 1.82) is 0 Å². The van der Waals surface area contributed by atoms with Crippen LogP contribution < -0.4 is 0 Å². The lowest BCUT2D eigenvalue weighted by Crippen LogP contribution is -2.06. The molecule has 0 saturated carbocycles. The first-order valence-corrected chi connectivity index (χ1v) is 5.24. The van der Waals surface area contributed by atoms with Crippen LogP contribution in [0.4, 0.5) is 4.39 Å². The summed E-state index contributed by atoms with van der Waals surface area (Å²) in [6.45, 7) is 4.11. The minimum Gasteiger partial charge on any atom is -0.249 e. The second-order valence-electron chi connectivity index (χ2n) is 3.29. The summed E-state index contributed by atoms with van der Waals surface area (Å²) in [5.41, 5.74) is 0. The summed E-state index contributed by atoms with van der Waals surface area (Å²) in [5, 5.41) is -0.332. The number of thiazole rings is 1. The molecule has 0 aliphatic rings. The number of halogens is 1. The Balaban J connectivity index is 2.92. The van der Waals surface area contributed by atoms with E-state index in [-0.39, 0.29) is 0 Å². The van der Waals surface area contributed by atoms with E-state index < -0.39 is 5.31 Å². The summed E-state index contributed by atoms with van der Waals surface area (Å²) in [4.78, 5) is 4.82. The number of hydrogen-bond acceptors (Lipinski definition) is 2. The average Bonchev–Trinajstić information content (AvgIpc) is 2.30. The highest BCUT2D eigenvalue weighted by molar-refractivity contribution is 7.24. The van der Waals surface area contributed by atoms with Crippen molar-refractivity contribution >= 4 is 28.4 Å². The number of rotatable bonds is 2. The van der Waals surface area contributed by atoms with Gasteiger partial charge in [-0.25, -0.2) is 9.37 Å². The van der Waals surface area contributed by atoms with Crippen LogP contribution in [0.3, 0.4) is 0 Å². The minimum atomic E-state index is -1.33. The smallest absolute Gasteiger partial charge is 0.162 e. The Hall–Kier alpha value is 0.0549. The molecule has 12 heavy (non-hydrogen) atoms. The molecule has 0 bridgehead atoms. The first kappa shape index (κ1) is 10.1. The molecule has 1 rings (SSSR count). The Morgan fingerprint density at radius 3 is 2.58 bits per heavy atom. The molecule has 0 aliphatic heterocycles. The van der Waals surface area contributed by atoms with Gasteiger partial charge in [-0.05, 0) is 0 Å². The van der Waals surface area contributed by atoms with Gasteiger partial charge in [0.15, 0.2) is 7.85 Å². The molecule has 1 aromatic rings. The first-order chi connectivity index (χ1) is 5.41. The van der Waals surface area contributed by atoms with Crippen LogP contribution in [0.1, 0.15) is 29.7 Å². The standard InChI is InChI=1S/C7H12BFNPS/c1-4(2)6-10-3-5(12-6)7(8,9)11/h3-4H,8,11H2,1-2H3. The zero-order valence-corrected chi connectivity index (χ0v) is 9.44. The van der Waals surface area contributed by atoms with E-state index >= 15 is 0 Å². The molecule has 0 fully saturated rings. The lowest BCUT2D eigenvalue weighted by molar-refractivity contribution is 0.419. The van der Waals surface area contributed by atoms with Crippen LogP contribution in [0.15, 0.2) is 6.20 Å². The third-order valence-electron chi connectivity index (χ3n) is 1.50. The zero-order valence-electron chi connectivity index (χ0n) is 7.47. The molecule has 1 nitrogen and oxygen atoms in total. The maximum atomic E-state index is 13.3. The molecule has 0 saturated heterocycles. The van der Waals surface area contributed by atoms with Gasteiger partial charge in [-0.1, -0.05) is 13.8 Å². The normalized spacial score (nSPS) is 16.4. The van der Waals surface area contributed by atoms with Crippen LogP contribution in [0.2, 0.25) is 0 Å². The van der Waals surface area contributed by atoms with Crippen LogP contribution in [0.5, 0.6) is 0 Å². The molecule has 1 aromatic heterocycles. The molecule has 0 aromatic carbocycles. The van der Waals surface area contributed by atoms with Crippen molar-refractivity contribution in [2.75, 3.05) is 0 Å². The predicted octanol–water partition coefficient (Wildman–Crippen LogP) is 1.85. The largest absolute Gasteiger partial charge is 0.249 e. The van der Waals surface area contributed by atoms with Crippen LogP contribution in [0, 0.1) is 0 Å². The molecule has 0 amide bonds. The Morgan fingerprint density at radius 2 is 2.33 bits per heavy atom. The van der Waals surface area contributed by atoms with Crippen LogP contribution in [-0.4, -0.2) is 12.8 Å². The fraction of sp³-hybridized carbons (Fsp3) is 0.571. The molecule has 2 unspecified atom stereocenters. The Labute approximate surface area is 79.4 Å². The van der Waals surface area contributed by atoms with E-state index in [0.29, 0.717) is 10.8 Å². The number of nitrogens with zero attached hydrogens (tertiary/aromatic N) is 1. The van der Waals surface area contributed by atoms with Crippen molar-refractivity contribution in [1.82, 2.24) is 4.98 Å². The first-order valence-electron chi connectivity index (χ1n) is 3.85. The van der Waals surface area contributed by atoms with Crippen molar-refractivity contribution in [3.8, 4) is 0 Å². The highest BCUT2D eigenvalue weighted by Crippen LogP contribution is 2.35. The van der Waals surface area contributed by atoms with Gasteiger partial charge in [0.2, 0.25) is 0 Å². The van der Waals surface area contributed by atoms with E-state index in [4.69, 9.17) is 0 Å². The molecule has 1 heterocycles. The molecule has 2 atom stereocenters. The predicted molar refractivity (Wildman–Crippen MR) is 57.2 cm³/mol. The maximum Gasteiger partial charge on any atom is 0.162 e. The zero-order chi connectivity index (χ0) is 9.35. The van der Waals surface area contributed by atoms with Crippen molar-refractivity contribution in [2.45, 2.75) is 25.1 Å². The Bertz CT molecular complexity index is 269.